The molecule has 0 bridgehead atoms. The summed E-state index contributed by atoms with van der Waals surface area (Å²) >= 11 is 0. The molecule has 0 atom stereocenters. The van der Waals surface area contributed by atoms with Crippen LogP contribution in [0, 0.1) is 0 Å². The molecule has 0 unspecified atom stereocenters. The van der Waals surface area contributed by atoms with Crippen molar-refractivity contribution in [3.8, 4) is 78.0 Å². The van der Waals surface area contributed by atoms with E-state index in [1.807, 2.05) is 12.3 Å². The Kier molecular flexibility index (Phi) is 21.0. The van der Waals surface area contributed by atoms with Crippen LogP contribution in [0.25, 0.3) is 78.0 Å². The van der Waals surface area contributed by atoms with Crippen LogP contribution < -0.4 is 0 Å². The molecule has 0 radical (unpaired) electrons. The zero-order valence-electron chi connectivity index (χ0n) is 54.7. The van der Waals surface area contributed by atoms with E-state index in [2.05, 4.69) is 193 Å². The molecular weight excluding hydrogens is 1050 g/mol. The first kappa shape index (κ1) is 62.3. The minimum atomic E-state index is -0.0491. The number of fused-ring (bicyclic) bond motifs is 9. The summed E-state index contributed by atoms with van der Waals surface area (Å²) in [5.74, 6) is 0. The Morgan fingerprint density at radius 3 is 0.839 bits per heavy atom. The Morgan fingerprint density at radius 1 is 0.230 bits per heavy atom. The Balaban J connectivity index is 1.02. The van der Waals surface area contributed by atoms with Crippen LogP contribution in [0.3, 0.4) is 0 Å². The van der Waals surface area contributed by atoms with Crippen molar-refractivity contribution in [1.29, 1.82) is 0 Å². The van der Waals surface area contributed by atoms with Gasteiger partial charge in [-0.1, -0.05) is 305 Å². The van der Waals surface area contributed by atoms with Gasteiger partial charge in [0.2, 0.25) is 0 Å². The smallest absolute Gasteiger partial charge is 0.0702 e. The zero-order valence-corrected chi connectivity index (χ0v) is 54.7. The summed E-state index contributed by atoms with van der Waals surface area (Å²) in [6.07, 6.45) is 40.0. The Morgan fingerprint density at radius 2 is 0.517 bits per heavy atom. The first-order valence-electron chi connectivity index (χ1n) is 35.7. The lowest BCUT2D eigenvalue weighted by molar-refractivity contribution is 0.400. The molecule has 0 N–H and O–H groups in total. The number of pyridine rings is 1. The van der Waals surface area contributed by atoms with Gasteiger partial charge < -0.3 is 0 Å². The second-order valence-corrected chi connectivity index (χ2v) is 27.3. The van der Waals surface area contributed by atoms with Gasteiger partial charge in [0.25, 0.3) is 0 Å². The van der Waals surface area contributed by atoms with Gasteiger partial charge in [-0.3, -0.25) is 4.98 Å². The molecule has 87 heavy (non-hydrogen) atoms. The lowest BCUT2D eigenvalue weighted by Crippen LogP contribution is -2.26. The summed E-state index contributed by atoms with van der Waals surface area (Å²) in [7, 11) is 0. The van der Waals surface area contributed by atoms with E-state index in [9.17, 15) is 0 Å². The van der Waals surface area contributed by atoms with Gasteiger partial charge in [0.15, 0.2) is 0 Å². The Hall–Kier alpha value is -6.31. The molecule has 0 spiro atoms. The van der Waals surface area contributed by atoms with Crippen LogP contribution in [0.2, 0.25) is 0 Å². The van der Waals surface area contributed by atoms with Gasteiger partial charge in [0, 0.05) is 28.0 Å². The standard InChI is InChI=1S/C86H105N/c1-7-13-19-28-51-84(52-29-20-14-8-2)77-39-26-25-38-71(77)72-46-42-66(60-78(72)84)67-43-48-75-76-50-45-69(63-82(76)86(81(75)61-67,55-32-23-17-11-5)56-33-24-18-12-6)68-44-49-74-73-47-41-65(64-36-35-37-70(58-64)83-40-27-34-57-87-83)59-79(73)85(80(74)62-68,53-30-21-15-9-3)54-31-22-16-10-4/h25-27,34-50,57-63H,7-24,28-33,51-56H2,1-6H3. The highest BCUT2D eigenvalue weighted by Gasteiger charge is 2.46. The van der Waals surface area contributed by atoms with E-state index in [-0.39, 0.29) is 16.2 Å². The van der Waals surface area contributed by atoms with Crippen molar-refractivity contribution in [2.75, 3.05) is 0 Å². The lowest BCUT2D eigenvalue weighted by Gasteiger charge is -2.34. The van der Waals surface area contributed by atoms with Gasteiger partial charge in [-0.25, -0.2) is 0 Å². The number of unbranched alkanes of at least 4 members (excludes halogenated alkanes) is 18. The molecule has 1 aromatic heterocycles. The van der Waals surface area contributed by atoms with Crippen LogP contribution in [0.5, 0.6) is 0 Å². The molecule has 8 aromatic rings. The number of hydrogen-bond acceptors (Lipinski definition) is 1. The molecule has 1 heteroatoms. The van der Waals surface area contributed by atoms with E-state index in [0.29, 0.717) is 0 Å². The maximum Gasteiger partial charge on any atom is 0.0702 e. The second kappa shape index (κ2) is 29.3. The molecule has 0 saturated heterocycles. The summed E-state index contributed by atoms with van der Waals surface area (Å²) in [5.41, 5.74) is 28.6. The molecule has 0 saturated carbocycles. The SMILES string of the molecule is CCCCCCC1(CCCCCC)c2ccccc2-c2ccc(-c3ccc4c(c3)C(CCCCCC)(CCCCCC)c3cc(-c5ccc6c(c5)C(CCCCCC)(CCCCCC)c5cc(-c7cccc(-c8ccccn8)c7)ccc5-6)ccc3-4)cc21. The molecule has 1 heterocycles. The van der Waals surface area contributed by atoms with Gasteiger partial charge in [0.1, 0.15) is 0 Å². The molecule has 1 nitrogen and oxygen atoms in total. The predicted molar refractivity (Wildman–Crippen MR) is 377 cm³/mol. The van der Waals surface area contributed by atoms with E-state index < -0.39 is 0 Å². The maximum atomic E-state index is 4.75. The van der Waals surface area contributed by atoms with Crippen molar-refractivity contribution in [3.63, 3.8) is 0 Å². The minimum Gasteiger partial charge on any atom is -0.256 e. The Bertz CT molecular complexity index is 3500. The van der Waals surface area contributed by atoms with E-state index in [4.69, 9.17) is 4.98 Å². The van der Waals surface area contributed by atoms with Crippen molar-refractivity contribution >= 4 is 0 Å². The van der Waals surface area contributed by atoms with Crippen molar-refractivity contribution < 1.29 is 0 Å². The topological polar surface area (TPSA) is 12.9 Å². The highest BCUT2D eigenvalue weighted by atomic mass is 14.7. The van der Waals surface area contributed by atoms with Crippen LogP contribution in [-0.2, 0) is 16.2 Å². The number of rotatable bonds is 34. The molecule has 454 valence electrons. The zero-order chi connectivity index (χ0) is 60.1. The third-order valence-electron chi connectivity index (χ3n) is 21.6. The van der Waals surface area contributed by atoms with E-state index in [1.54, 1.807) is 33.4 Å². The summed E-state index contributed by atoms with van der Waals surface area (Å²) in [4.78, 5) is 4.75. The summed E-state index contributed by atoms with van der Waals surface area (Å²) < 4.78 is 0. The fraction of sp³-hybridized carbons (Fsp3) is 0.453. The molecule has 0 aliphatic heterocycles. The average Bonchev–Trinajstić information content (AvgIpc) is 1.61. The number of aromatic nitrogens is 1. The highest BCUT2D eigenvalue weighted by Crippen LogP contribution is 2.60. The summed E-state index contributed by atoms with van der Waals surface area (Å²) in [5, 5.41) is 0. The molecule has 3 aliphatic carbocycles. The van der Waals surface area contributed by atoms with Crippen molar-refractivity contribution in [3.05, 3.63) is 197 Å². The number of nitrogens with zero attached hydrogens (tertiary/aromatic N) is 1. The van der Waals surface area contributed by atoms with Crippen LogP contribution in [0.15, 0.2) is 164 Å². The fourth-order valence-corrected chi connectivity index (χ4v) is 16.8. The average molecular weight is 1150 g/mol. The maximum absolute atomic E-state index is 4.75. The van der Waals surface area contributed by atoms with Crippen molar-refractivity contribution in [2.45, 2.75) is 250 Å². The van der Waals surface area contributed by atoms with Crippen LogP contribution >= 0.6 is 0 Å². The molecule has 0 fully saturated rings. The van der Waals surface area contributed by atoms with Gasteiger partial charge >= 0.3 is 0 Å². The third-order valence-corrected chi connectivity index (χ3v) is 21.6. The molecule has 3 aliphatic rings. The largest absolute Gasteiger partial charge is 0.256 e. The van der Waals surface area contributed by atoms with Crippen LogP contribution in [-0.4, -0.2) is 4.98 Å². The monoisotopic (exact) mass is 1150 g/mol. The van der Waals surface area contributed by atoms with E-state index in [1.165, 1.54) is 265 Å². The van der Waals surface area contributed by atoms with Crippen LogP contribution in [0.1, 0.15) is 268 Å². The first-order chi connectivity index (χ1) is 42.9. The highest BCUT2D eigenvalue weighted by molar-refractivity contribution is 5.90. The van der Waals surface area contributed by atoms with Crippen molar-refractivity contribution in [1.82, 2.24) is 4.98 Å². The lowest BCUT2D eigenvalue weighted by atomic mass is 9.69. The number of benzene rings is 7. The third kappa shape index (κ3) is 12.8. The summed E-state index contributed by atoms with van der Waals surface area (Å²) in [6.45, 7) is 14.2. The quantitative estimate of drug-likeness (QED) is 0.0366. The molecule has 0 amide bonds. The molecule has 7 aromatic carbocycles. The fourth-order valence-electron chi connectivity index (χ4n) is 16.8. The van der Waals surface area contributed by atoms with E-state index >= 15 is 0 Å². The summed E-state index contributed by atoms with van der Waals surface area (Å²) in [6, 6.07) is 63.5. The predicted octanol–water partition coefficient (Wildman–Crippen LogP) is 26.4. The first-order valence-corrected chi connectivity index (χ1v) is 35.7. The number of hydrogen-bond donors (Lipinski definition) is 0. The van der Waals surface area contributed by atoms with Gasteiger partial charge in [-0.05, 0) is 187 Å². The van der Waals surface area contributed by atoms with Crippen molar-refractivity contribution in [2.24, 2.45) is 0 Å². The molecule has 11 rings (SSSR count). The molecular formula is C86H105N. The minimum absolute atomic E-state index is 0.0486. The van der Waals surface area contributed by atoms with Gasteiger partial charge in [-0.2, -0.15) is 0 Å². The Labute approximate surface area is 527 Å². The van der Waals surface area contributed by atoms with E-state index in [0.717, 1.165) is 5.69 Å². The van der Waals surface area contributed by atoms with Crippen LogP contribution in [0.4, 0.5) is 0 Å². The van der Waals surface area contributed by atoms with Gasteiger partial charge in [0.05, 0.1) is 5.69 Å². The normalized spacial score (nSPS) is 14.4. The second-order valence-electron chi connectivity index (χ2n) is 27.3. The van der Waals surface area contributed by atoms with Gasteiger partial charge in [-0.15, -0.1) is 0 Å².